The molecule has 0 heterocycles. The summed E-state index contributed by atoms with van der Waals surface area (Å²) < 4.78 is 15.9. The first-order chi connectivity index (χ1) is 11.1. The lowest BCUT2D eigenvalue weighted by atomic mass is 9.94. The molecule has 2 atom stereocenters. The molecule has 6 heteroatoms. The highest BCUT2D eigenvalue weighted by molar-refractivity contribution is 7.99. The number of thioether (sulfide) groups is 1. The summed E-state index contributed by atoms with van der Waals surface area (Å²) in [6, 6.07) is 3.56. The van der Waals surface area contributed by atoms with E-state index in [4.69, 9.17) is 14.2 Å². The minimum Gasteiger partial charge on any atom is -0.496 e. The minimum atomic E-state index is -0.130. The summed E-state index contributed by atoms with van der Waals surface area (Å²) in [5.74, 6) is 1.41. The molecule has 1 amide bonds. The molecule has 2 rings (SSSR count). The van der Waals surface area contributed by atoms with Crippen molar-refractivity contribution < 1.29 is 19.0 Å². The lowest BCUT2D eigenvalue weighted by molar-refractivity contribution is 0.0925. The normalized spacial score (nSPS) is 20.7. The summed E-state index contributed by atoms with van der Waals surface area (Å²) in [6.45, 7) is 0. The molecule has 0 spiro atoms. The molecule has 0 radical (unpaired) electrons. The second-order valence-corrected chi connectivity index (χ2v) is 6.74. The van der Waals surface area contributed by atoms with E-state index in [1.54, 1.807) is 33.5 Å². The number of hydrogen-bond acceptors (Lipinski definition) is 5. The maximum atomic E-state index is 12.7. The van der Waals surface area contributed by atoms with Gasteiger partial charge in [-0.05, 0) is 25.5 Å². The van der Waals surface area contributed by atoms with Gasteiger partial charge in [-0.2, -0.15) is 11.8 Å². The van der Waals surface area contributed by atoms with Gasteiger partial charge in [-0.1, -0.05) is 6.42 Å². The van der Waals surface area contributed by atoms with Crippen molar-refractivity contribution in [3.05, 3.63) is 17.7 Å². The SMILES string of the molecule is COc1cc(OC)c(C(=O)NC2CCCC(SC)C2)cc1OC. The van der Waals surface area contributed by atoms with Crippen LogP contribution >= 0.6 is 11.8 Å². The molecule has 2 unspecified atom stereocenters. The highest BCUT2D eigenvalue weighted by Crippen LogP contribution is 2.35. The van der Waals surface area contributed by atoms with E-state index in [0.29, 0.717) is 28.1 Å². The standard InChI is InChI=1S/C17H25NO4S/c1-20-14-10-16(22-3)15(21-2)9-13(14)17(19)18-11-6-5-7-12(8-11)23-4/h9-12H,5-8H2,1-4H3,(H,18,19). The quantitative estimate of drug-likeness (QED) is 0.863. The van der Waals surface area contributed by atoms with Crippen molar-refractivity contribution >= 4 is 17.7 Å². The molecule has 0 aliphatic heterocycles. The fourth-order valence-corrected chi connectivity index (χ4v) is 3.79. The number of methoxy groups -OCH3 is 3. The Hall–Kier alpha value is -1.56. The van der Waals surface area contributed by atoms with Crippen LogP contribution < -0.4 is 19.5 Å². The van der Waals surface area contributed by atoms with Crippen molar-refractivity contribution in [3.8, 4) is 17.2 Å². The Morgan fingerprint density at radius 2 is 1.74 bits per heavy atom. The van der Waals surface area contributed by atoms with E-state index in [-0.39, 0.29) is 11.9 Å². The van der Waals surface area contributed by atoms with Crippen molar-refractivity contribution in [1.82, 2.24) is 5.32 Å². The molecule has 1 saturated carbocycles. The smallest absolute Gasteiger partial charge is 0.255 e. The number of amides is 1. The molecule has 1 aliphatic rings. The predicted octanol–water partition coefficient (Wildman–Crippen LogP) is 3.12. The van der Waals surface area contributed by atoms with Crippen LogP contribution in [-0.2, 0) is 0 Å². The Labute approximate surface area is 142 Å². The number of nitrogens with one attached hydrogen (secondary N) is 1. The summed E-state index contributed by atoms with van der Waals surface area (Å²) in [4.78, 5) is 12.7. The zero-order valence-corrected chi connectivity index (χ0v) is 15.0. The van der Waals surface area contributed by atoms with E-state index >= 15 is 0 Å². The maximum absolute atomic E-state index is 12.7. The largest absolute Gasteiger partial charge is 0.496 e. The minimum absolute atomic E-state index is 0.130. The van der Waals surface area contributed by atoms with E-state index in [0.717, 1.165) is 19.3 Å². The number of carbonyl (C=O) groups excluding carboxylic acids is 1. The van der Waals surface area contributed by atoms with Crippen molar-refractivity contribution in [2.75, 3.05) is 27.6 Å². The van der Waals surface area contributed by atoms with E-state index in [9.17, 15) is 4.79 Å². The number of benzene rings is 1. The summed E-state index contributed by atoms with van der Waals surface area (Å²) in [7, 11) is 4.65. The molecule has 1 fully saturated rings. The van der Waals surface area contributed by atoms with Gasteiger partial charge in [0.1, 0.15) is 5.75 Å². The average Bonchev–Trinajstić information content (AvgIpc) is 2.60. The van der Waals surface area contributed by atoms with Crippen LogP contribution in [0.5, 0.6) is 17.2 Å². The second kappa shape index (κ2) is 8.34. The molecule has 1 aromatic carbocycles. The lowest BCUT2D eigenvalue weighted by Crippen LogP contribution is -2.39. The van der Waals surface area contributed by atoms with Gasteiger partial charge in [-0.25, -0.2) is 0 Å². The molecule has 1 N–H and O–H groups in total. The summed E-state index contributed by atoms with van der Waals surface area (Å²) in [5, 5.41) is 3.76. The van der Waals surface area contributed by atoms with Crippen LogP contribution in [-0.4, -0.2) is 44.8 Å². The van der Waals surface area contributed by atoms with E-state index < -0.39 is 0 Å². The monoisotopic (exact) mass is 339 g/mol. The van der Waals surface area contributed by atoms with Crippen LogP contribution in [0.1, 0.15) is 36.0 Å². The topological polar surface area (TPSA) is 56.8 Å². The van der Waals surface area contributed by atoms with Gasteiger partial charge in [-0.15, -0.1) is 0 Å². The molecular formula is C17H25NO4S. The molecule has 0 aromatic heterocycles. The first-order valence-corrected chi connectivity index (χ1v) is 9.05. The molecular weight excluding hydrogens is 314 g/mol. The third-order valence-corrected chi connectivity index (χ3v) is 5.34. The third-order valence-electron chi connectivity index (χ3n) is 4.24. The number of ether oxygens (including phenoxy) is 3. The van der Waals surface area contributed by atoms with Gasteiger partial charge in [0, 0.05) is 23.4 Å². The Morgan fingerprint density at radius 1 is 1.09 bits per heavy atom. The summed E-state index contributed by atoms with van der Waals surface area (Å²) in [6.07, 6.45) is 6.56. The molecule has 0 bridgehead atoms. The van der Waals surface area contributed by atoms with Gasteiger partial charge in [0.2, 0.25) is 0 Å². The Bertz CT molecular complexity index is 550. The average molecular weight is 339 g/mol. The van der Waals surface area contributed by atoms with Crippen LogP contribution in [0.4, 0.5) is 0 Å². The highest BCUT2D eigenvalue weighted by atomic mass is 32.2. The first-order valence-electron chi connectivity index (χ1n) is 7.76. The first kappa shape index (κ1) is 17.8. The highest BCUT2D eigenvalue weighted by Gasteiger charge is 2.25. The van der Waals surface area contributed by atoms with Gasteiger partial charge >= 0.3 is 0 Å². The molecule has 128 valence electrons. The van der Waals surface area contributed by atoms with Crippen LogP contribution in [0.3, 0.4) is 0 Å². The summed E-state index contributed by atoms with van der Waals surface area (Å²) >= 11 is 1.88. The van der Waals surface area contributed by atoms with Crippen molar-refractivity contribution in [1.29, 1.82) is 0 Å². The molecule has 23 heavy (non-hydrogen) atoms. The Morgan fingerprint density at radius 3 is 2.35 bits per heavy atom. The molecule has 1 aromatic rings. The zero-order valence-electron chi connectivity index (χ0n) is 14.2. The van der Waals surface area contributed by atoms with Crippen LogP contribution in [0.2, 0.25) is 0 Å². The number of hydrogen-bond donors (Lipinski definition) is 1. The van der Waals surface area contributed by atoms with E-state index in [1.165, 1.54) is 6.42 Å². The predicted molar refractivity (Wildman–Crippen MR) is 93.1 cm³/mol. The fraction of sp³-hybridized carbons (Fsp3) is 0.588. The summed E-state index contributed by atoms with van der Waals surface area (Å²) in [5.41, 5.74) is 0.469. The van der Waals surface area contributed by atoms with Crippen molar-refractivity contribution in [3.63, 3.8) is 0 Å². The van der Waals surface area contributed by atoms with Gasteiger partial charge < -0.3 is 19.5 Å². The maximum Gasteiger partial charge on any atom is 0.255 e. The zero-order chi connectivity index (χ0) is 16.8. The molecule has 0 saturated heterocycles. The van der Waals surface area contributed by atoms with Gasteiger partial charge in [-0.3, -0.25) is 4.79 Å². The number of rotatable bonds is 6. The van der Waals surface area contributed by atoms with Gasteiger partial charge in [0.25, 0.3) is 5.91 Å². The van der Waals surface area contributed by atoms with Crippen molar-refractivity contribution in [2.45, 2.75) is 37.0 Å². The lowest BCUT2D eigenvalue weighted by Gasteiger charge is -2.28. The van der Waals surface area contributed by atoms with Crippen LogP contribution in [0, 0.1) is 0 Å². The van der Waals surface area contributed by atoms with Gasteiger partial charge in [0.15, 0.2) is 11.5 Å². The van der Waals surface area contributed by atoms with Crippen LogP contribution in [0.25, 0.3) is 0 Å². The van der Waals surface area contributed by atoms with E-state index in [1.807, 2.05) is 11.8 Å². The Balaban J connectivity index is 2.17. The van der Waals surface area contributed by atoms with Crippen molar-refractivity contribution in [2.24, 2.45) is 0 Å². The number of carbonyl (C=O) groups is 1. The fourth-order valence-electron chi connectivity index (χ4n) is 2.96. The molecule has 1 aliphatic carbocycles. The second-order valence-electron chi connectivity index (χ2n) is 5.60. The third kappa shape index (κ3) is 4.25. The van der Waals surface area contributed by atoms with E-state index in [2.05, 4.69) is 11.6 Å². The van der Waals surface area contributed by atoms with Gasteiger partial charge in [0.05, 0.1) is 26.9 Å². The Kier molecular flexibility index (Phi) is 6.45. The van der Waals surface area contributed by atoms with Crippen LogP contribution in [0.15, 0.2) is 12.1 Å². The molecule has 5 nitrogen and oxygen atoms in total.